The monoisotopic (exact) mass is 724 g/mol. The van der Waals surface area contributed by atoms with Gasteiger partial charge in [0.15, 0.2) is 17.5 Å². The van der Waals surface area contributed by atoms with Crippen LogP contribution in [-0.4, -0.2) is 19.9 Å². The SMILES string of the molecule is c1ccc(-c2nc(-c3ccc(-c4nc5c6ccccc6sc5c5ccccc45)cc3)nc(-c3cccc(-c4cccc5c4sc4ccccc45)c3)n2)cc1. The van der Waals surface area contributed by atoms with Crippen LogP contribution in [0.5, 0.6) is 0 Å². The van der Waals surface area contributed by atoms with Gasteiger partial charge in [0.1, 0.15) is 0 Å². The van der Waals surface area contributed by atoms with Crippen molar-refractivity contribution in [2.24, 2.45) is 0 Å². The normalized spacial score (nSPS) is 11.7. The molecule has 252 valence electrons. The van der Waals surface area contributed by atoms with Crippen molar-refractivity contribution in [1.82, 2.24) is 19.9 Å². The predicted octanol–water partition coefficient (Wildman–Crippen LogP) is 13.5. The summed E-state index contributed by atoms with van der Waals surface area (Å²) in [4.78, 5) is 20.5. The lowest BCUT2D eigenvalue weighted by Crippen LogP contribution is -2.00. The lowest BCUT2D eigenvalue weighted by molar-refractivity contribution is 1.07. The topological polar surface area (TPSA) is 51.6 Å². The highest BCUT2D eigenvalue weighted by Crippen LogP contribution is 2.42. The first-order valence-electron chi connectivity index (χ1n) is 17.9. The summed E-state index contributed by atoms with van der Waals surface area (Å²) in [5, 5.41) is 6.13. The molecular formula is C48H28N4S2. The molecule has 6 heteroatoms. The van der Waals surface area contributed by atoms with Gasteiger partial charge in [0.25, 0.3) is 0 Å². The first-order valence-corrected chi connectivity index (χ1v) is 19.5. The summed E-state index contributed by atoms with van der Waals surface area (Å²) >= 11 is 3.65. The number of aromatic nitrogens is 4. The van der Waals surface area contributed by atoms with E-state index in [0.717, 1.165) is 44.4 Å². The Morgan fingerprint density at radius 1 is 0.315 bits per heavy atom. The minimum absolute atomic E-state index is 0.625. The van der Waals surface area contributed by atoms with Gasteiger partial charge >= 0.3 is 0 Å². The van der Waals surface area contributed by atoms with Gasteiger partial charge in [-0.3, -0.25) is 0 Å². The molecule has 0 fully saturated rings. The number of fused-ring (bicyclic) bond motifs is 8. The molecular weight excluding hydrogens is 697 g/mol. The van der Waals surface area contributed by atoms with Crippen LogP contribution in [0.2, 0.25) is 0 Å². The van der Waals surface area contributed by atoms with Gasteiger partial charge in [-0.2, -0.15) is 0 Å². The van der Waals surface area contributed by atoms with E-state index in [2.05, 4.69) is 140 Å². The zero-order valence-corrected chi connectivity index (χ0v) is 30.4. The van der Waals surface area contributed by atoms with Crippen LogP contribution < -0.4 is 0 Å². The zero-order chi connectivity index (χ0) is 35.6. The number of benzene rings is 7. The fourth-order valence-electron chi connectivity index (χ4n) is 7.53. The third-order valence-electron chi connectivity index (χ3n) is 10.1. The molecule has 0 spiro atoms. The maximum atomic E-state index is 5.31. The Hall–Kier alpha value is -6.60. The minimum atomic E-state index is 0.625. The number of thiophene rings is 2. The van der Waals surface area contributed by atoms with E-state index >= 15 is 0 Å². The van der Waals surface area contributed by atoms with E-state index in [1.807, 2.05) is 53.0 Å². The number of nitrogens with zero attached hydrogens (tertiary/aromatic N) is 4. The van der Waals surface area contributed by atoms with Gasteiger partial charge in [-0.25, -0.2) is 19.9 Å². The fraction of sp³-hybridized carbons (Fsp3) is 0. The molecule has 11 aromatic rings. The third-order valence-corrected chi connectivity index (χ3v) is 12.6. The standard InChI is InChI=1S/C48H28N4S2/c1-2-12-30(13-3-1)46-50-47(52-48(51-46)33-15-10-14-32(28-33)34-20-11-21-37-35-16-6-8-22-40(35)53-44(34)37)31-26-24-29(25-27-31)42-36-17-4-5-18-38(36)45-43(49-42)39-19-7-9-23-41(39)54-45/h1-28H. The smallest absolute Gasteiger partial charge is 0.164 e. The Bertz CT molecular complexity index is 3220. The number of rotatable bonds is 5. The van der Waals surface area contributed by atoms with Gasteiger partial charge < -0.3 is 0 Å². The lowest BCUT2D eigenvalue weighted by Gasteiger charge is -2.11. The van der Waals surface area contributed by atoms with Crippen LogP contribution >= 0.6 is 22.7 Å². The summed E-state index contributed by atoms with van der Waals surface area (Å²) in [6, 6.07) is 59.6. The second kappa shape index (κ2) is 12.5. The van der Waals surface area contributed by atoms with Gasteiger partial charge in [0.2, 0.25) is 0 Å². The Morgan fingerprint density at radius 3 is 1.59 bits per heavy atom. The molecule has 0 saturated carbocycles. The zero-order valence-electron chi connectivity index (χ0n) is 28.8. The van der Waals surface area contributed by atoms with Crippen molar-refractivity contribution in [2.45, 2.75) is 0 Å². The van der Waals surface area contributed by atoms with Crippen LogP contribution in [0.1, 0.15) is 0 Å². The lowest BCUT2D eigenvalue weighted by atomic mass is 10.0. The number of hydrogen-bond acceptors (Lipinski definition) is 6. The number of pyridine rings is 1. The Balaban J connectivity index is 1.03. The molecule has 0 radical (unpaired) electrons. The highest BCUT2D eigenvalue weighted by Gasteiger charge is 2.17. The molecule has 4 aromatic heterocycles. The summed E-state index contributed by atoms with van der Waals surface area (Å²) in [5.41, 5.74) is 8.21. The van der Waals surface area contributed by atoms with Gasteiger partial charge in [0.05, 0.1) is 15.9 Å². The summed E-state index contributed by atoms with van der Waals surface area (Å²) in [6.45, 7) is 0. The van der Waals surface area contributed by atoms with Crippen molar-refractivity contribution < 1.29 is 0 Å². The second-order valence-electron chi connectivity index (χ2n) is 13.4. The molecule has 4 heterocycles. The van der Waals surface area contributed by atoms with Gasteiger partial charge in [-0.1, -0.05) is 152 Å². The molecule has 0 unspecified atom stereocenters. The molecule has 0 aliphatic heterocycles. The molecule has 0 bridgehead atoms. The van der Waals surface area contributed by atoms with Gasteiger partial charge in [-0.05, 0) is 29.3 Å². The molecule has 0 atom stereocenters. The van der Waals surface area contributed by atoms with E-state index < -0.39 is 0 Å². The molecule has 7 aromatic carbocycles. The first-order chi connectivity index (χ1) is 26.7. The van der Waals surface area contributed by atoms with E-state index in [4.69, 9.17) is 19.9 Å². The van der Waals surface area contributed by atoms with Gasteiger partial charge in [-0.15, -0.1) is 22.7 Å². The summed E-state index contributed by atoms with van der Waals surface area (Å²) < 4.78 is 5.05. The molecule has 54 heavy (non-hydrogen) atoms. The van der Waals surface area contributed by atoms with E-state index in [9.17, 15) is 0 Å². The average molecular weight is 725 g/mol. The third kappa shape index (κ3) is 5.11. The highest BCUT2D eigenvalue weighted by atomic mass is 32.1. The van der Waals surface area contributed by atoms with Crippen molar-refractivity contribution in [3.05, 3.63) is 170 Å². The summed E-state index contributed by atoms with van der Waals surface area (Å²) in [7, 11) is 0. The van der Waals surface area contributed by atoms with E-state index in [1.54, 1.807) is 0 Å². The van der Waals surface area contributed by atoms with Crippen molar-refractivity contribution in [3.63, 3.8) is 0 Å². The van der Waals surface area contributed by atoms with E-state index in [1.165, 1.54) is 45.9 Å². The fourth-order valence-corrected chi connectivity index (χ4v) is 9.95. The molecule has 0 aliphatic carbocycles. The highest BCUT2D eigenvalue weighted by molar-refractivity contribution is 7.27. The molecule has 11 rings (SSSR count). The van der Waals surface area contributed by atoms with Crippen molar-refractivity contribution in [3.8, 4) is 56.5 Å². The first kappa shape index (κ1) is 31.0. The largest absolute Gasteiger partial charge is 0.246 e. The predicted molar refractivity (Wildman–Crippen MR) is 228 cm³/mol. The van der Waals surface area contributed by atoms with Crippen LogP contribution in [0.25, 0.3) is 108 Å². The van der Waals surface area contributed by atoms with Crippen molar-refractivity contribution in [2.75, 3.05) is 0 Å². The maximum absolute atomic E-state index is 5.31. The Morgan fingerprint density at radius 2 is 0.815 bits per heavy atom. The molecule has 0 amide bonds. The Labute approximate surface area is 318 Å². The van der Waals surface area contributed by atoms with Crippen molar-refractivity contribution in [1.29, 1.82) is 0 Å². The van der Waals surface area contributed by atoms with Crippen LogP contribution in [-0.2, 0) is 0 Å². The Kier molecular flexibility index (Phi) is 7.18. The summed E-state index contributed by atoms with van der Waals surface area (Å²) in [5.74, 6) is 1.90. The van der Waals surface area contributed by atoms with E-state index in [0.29, 0.717) is 17.5 Å². The molecule has 0 aliphatic rings. The molecule has 4 nitrogen and oxygen atoms in total. The number of hydrogen-bond donors (Lipinski definition) is 0. The minimum Gasteiger partial charge on any atom is -0.246 e. The average Bonchev–Trinajstić information content (AvgIpc) is 3.82. The van der Waals surface area contributed by atoms with Gasteiger partial charge in [0, 0.05) is 63.3 Å². The van der Waals surface area contributed by atoms with Crippen LogP contribution in [0, 0.1) is 0 Å². The van der Waals surface area contributed by atoms with Crippen molar-refractivity contribution >= 4 is 73.9 Å². The summed E-state index contributed by atoms with van der Waals surface area (Å²) in [6.07, 6.45) is 0. The van der Waals surface area contributed by atoms with E-state index in [-0.39, 0.29) is 0 Å². The molecule has 0 saturated heterocycles. The second-order valence-corrected chi connectivity index (χ2v) is 15.5. The maximum Gasteiger partial charge on any atom is 0.164 e. The van der Waals surface area contributed by atoms with Crippen LogP contribution in [0.4, 0.5) is 0 Å². The quantitative estimate of drug-likeness (QED) is 0.177. The van der Waals surface area contributed by atoms with Crippen LogP contribution in [0.3, 0.4) is 0 Å². The van der Waals surface area contributed by atoms with Crippen LogP contribution in [0.15, 0.2) is 170 Å². The molecule has 0 N–H and O–H groups in total.